The number of halogens is 1. The fourth-order valence-electron chi connectivity index (χ4n) is 1.92. The zero-order valence-corrected chi connectivity index (χ0v) is 14.9. The Labute approximate surface area is 149 Å². The Hall–Kier alpha value is -2.34. The van der Waals surface area contributed by atoms with Crippen molar-refractivity contribution in [2.24, 2.45) is 0 Å². The molecule has 0 spiro atoms. The number of ether oxygens (including phenoxy) is 1. The van der Waals surface area contributed by atoms with Crippen molar-refractivity contribution >= 4 is 27.7 Å². The van der Waals surface area contributed by atoms with Crippen LogP contribution in [0, 0.1) is 6.92 Å². The van der Waals surface area contributed by atoms with Crippen molar-refractivity contribution in [1.29, 1.82) is 0 Å². The lowest BCUT2D eigenvalue weighted by Crippen LogP contribution is -2.41. The fourth-order valence-corrected chi connectivity index (χ4v) is 2.18. The van der Waals surface area contributed by atoms with Crippen LogP contribution in [0.25, 0.3) is 0 Å². The second-order valence-electron chi connectivity index (χ2n) is 5.27. The molecule has 0 fully saturated rings. The summed E-state index contributed by atoms with van der Waals surface area (Å²) in [4.78, 5) is 23.5. The maximum atomic E-state index is 11.8. The summed E-state index contributed by atoms with van der Waals surface area (Å²) in [5.74, 6) is 0.171. The Morgan fingerprint density at radius 1 is 1.00 bits per heavy atom. The quantitative estimate of drug-likeness (QED) is 0.586. The van der Waals surface area contributed by atoms with Gasteiger partial charge in [0.1, 0.15) is 5.75 Å². The summed E-state index contributed by atoms with van der Waals surface area (Å²) in [6.07, 6.45) is 0.834. The van der Waals surface area contributed by atoms with E-state index in [-0.39, 0.29) is 18.2 Å². The molecule has 2 aromatic carbocycles. The fraction of sp³-hybridized carbons (Fsp3) is 0.222. The smallest absolute Gasteiger partial charge is 0.269 e. The minimum atomic E-state index is -0.355. The van der Waals surface area contributed by atoms with Gasteiger partial charge in [0, 0.05) is 16.5 Å². The Morgan fingerprint density at radius 3 is 2.33 bits per heavy atom. The number of amides is 2. The van der Waals surface area contributed by atoms with Crippen LogP contribution < -0.4 is 15.6 Å². The van der Waals surface area contributed by atoms with Crippen LogP contribution in [0.2, 0.25) is 0 Å². The molecule has 0 bridgehead atoms. The largest absolute Gasteiger partial charge is 0.494 e. The van der Waals surface area contributed by atoms with Crippen molar-refractivity contribution in [2.75, 3.05) is 6.61 Å². The molecular weight excluding hydrogens is 372 g/mol. The van der Waals surface area contributed by atoms with E-state index in [0.717, 1.165) is 10.2 Å². The SMILES string of the molecule is Cc1ccc(OCCCC(=O)NNC(=O)c2ccc(Br)cc2)cc1. The van der Waals surface area contributed by atoms with Gasteiger partial charge in [-0.1, -0.05) is 33.6 Å². The first kappa shape index (κ1) is 18.0. The van der Waals surface area contributed by atoms with Gasteiger partial charge in [0.15, 0.2) is 0 Å². The van der Waals surface area contributed by atoms with E-state index in [1.165, 1.54) is 5.56 Å². The van der Waals surface area contributed by atoms with Crippen LogP contribution in [-0.4, -0.2) is 18.4 Å². The Bertz CT molecular complexity index is 684. The number of hydrazine groups is 1. The van der Waals surface area contributed by atoms with E-state index in [1.54, 1.807) is 24.3 Å². The summed E-state index contributed by atoms with van der Waals surface area (Å²) < 4.78 is 6.43. The van der Waals surface area contributed by atoms with Crippen LogP contribution in [0.3, 0.4) is 0 Å². The minimum Gasteiger partial charge on any atom is -0.494 e. The van der Waals surface area contributed by atoms with Crippen molar-refractivity contribution in [3.8, 4) is 5.75 Å². The van der Waals surface area contributed by atoms with E-state index in [2.05, 4.69) is 26.8 Å². The second-order valence-corrected chi connectivity index (χ2v) is 6.19. The summed E-state index contributed by atoms with van der Waals surface area (Å²) in [7, 11) is 0. The molecule has 0 atom stereocenters. The van der Waals surface area contributed by atoms with Gasteiger partial charge in [-0.2, -0.15) is 0 Å². The minimum absolute atomic E-state index is 0.257. The summed E-state index contributed by atoms with van der Waals surface area (Å²) in [5.41, 5.74) is 6.43. The molecule has 2 amide bonds. The van der Waals surface area contributed by atoms with Gasteiger partial charge in [0.25, 0.3) is 5.91 Å². The molecule has 0 aliphatic rings. The topological polar surface area (TPSA) is 67.4 Å². The van der Waals surface area contributed by atoms with Gasteiger partial charge in [0.2, 0.25) is 5.91 Å². The monoisotopic (exact) mass is 390 g/mol. The number of carbonyl (C=O) groups excluding carboxylic acids is 2. The third-order valence-corrected chi connectivity index (χ3v) is 3.79. The zero-order valence-electron chi connectivity index (χ0n) is 13.3. The van der Waals surface area contributed by atoms with Gasteiger partial charge in [-0.3, -0.25) is 20.4 Å². The molecular formula is C18H19BrN2O3. The number of hydrogen-bond acceptors (Lipinski definition) is 3. The predicted molar refractivity (Wildman–Crippen MR) is 95.7 cm³/mol. The number of nitrogens with one attached hydrogen (secondary N) is 2. The van der Waals surface area contributed by atoms with Crippen LogP contribution in [0.5, 0.6) is 5.75 Å². The van der Waals surface area contributed by atoms with Crippen LogP contribution in [0.4, 0.5) is 0 Å². The first-order valence-corrected chi connectivity index (χ1v) is 8.38. The molecule has 0 saturated carbocycles. The van der Waals surface area contributed by atoms with E-state index in [4.69, 9.17) is 4.74 Å². The molecule has 2 rings (SSSR count). The summed E-state index contributed by atoms with van der Waals surface area (Å²) in [6, 6.07) is 14.6. The third-order valence-electron chi connectivity index (χ3n) is 3.26. The van der Waals surface area contributed by atoms with E-state index in [1.807, 2.05) is 31.2 Å². The Kier molecular flexibility index (Phi) is 6.81. The Balaban J connectivity index is 1.63. The third kappa shape index (κ3) is 6.04. The molecule has 6 heteroatoms. The molecule has 0 aliphatic carbocycles. The molecule has 5 nitrogen and oxygen atoms in total. The molecule has 0 saturated heterocycles. The number of carbonyl (C=O) groups is 2. The Morgan fingerprint density at radius 2 is 1.67 bits per heavy atom. The molecule has 24 heavy (non-hydrogen) atoms. The van der Waals surface area contributed by atoms with E-state index < -0.39 is 0 Å². The first-order valence-electron chi connectivity index (χ1n) is 7.59. The van der Waals surface area contributed by atoms with E-state index >= 15 is 0 Å². The summed E-state index contributed by atoms with van der Waals surface area (Å²) >= 11 is 3.30. The number of aryl methyl sites for hydroxylation is 1. The summed E-state index contributed by atoms with van der Waals surface area (Å²) in [5, 5.41) is 0. The van der Waals surface area contributed by atoms with Gasteiger partial charge in [0.05, 0.1) is 6.61 Å². The first-order chi connectivity index (χ1) is 11.5. The molecule has 2 N–H and O–H groups in total. The van der Waals surface area contributed by atoms with Gasteiger partial charge >= 0.3 is 0 Å². The average Bonchev–Trinajstić information content (AvgIpc) is 2.59. The highest BCUT2D eigenvalue weighted by atomic mass is 79.9. The van der Waals surface area contributed by atoms with Crippen LogP contribution >= 0.6 is 15.9 Å². The molecule has 0 radical (unpaired) electrons. The van der Waals surface area contributed by atoms with E-state index in [0.29, 0.717) is 18.6 Å². The zero-order chi connectivity index (χ0) is 17.4. The maximum Gasteiger partial charge on any atom is 0.269 e. The lowest BCUT2D eigenvalue weighted by atomic mass is 10.2. The number of rotatable bonds is 6. The van der Waals surface area contributed by atoms with Crippen LogP contribution in [0.1, 0.15) is 28.8 Å². The normalized spacial score (nSPS) is 10.1. The van der Waals surface area contributed by atoms with Crippen molar-refractivity contribution in [2.45, 2.75) is 19.8 Å². The average molecular weight is 391 g/mol. The summed E-state index contributed by atoms with van der Waals surface area (Å²) in [6.45, 7) is 2.45. The van der Waals surface area contributed by atoms with Gasteiger partial charge in [-0.05, 0) is 49.7 Å². The highest BCUT2D eigenvalue weighted by Gasteiger charge is 2.07. The maximum absolute atomic E-state index is 11.8. The number of hydrogen-bond donors (Lipinski definition) is 2. The van der Waals surface area contributed by atoms with Gasteiger partial charge < -0.3 is 4.74 Å². The van der Waals surface area contributed by atoms with Crippen LogP contribution in [-0.2, 0) is 4.79 Å². The van der Waals surface area contributed by atoms with Gasteiger partial charge in [-0.15, -0.1) is 0 Å². The lowest BCUT2D eigenvalue weighted by molar-refractivity contribution is -0.122. The highest BCUT2D eigenvalue weighted by Crippen LogP contribution is 2.12. The van der Waals surface area contributed by atoms with Gasteiger partial charge in [-0.25, -0.2) is 0 Å². The van der Waals surface area contributed by atoms with Crippen molar-refractivity contribution < 1.29 is 14.3 Å². The standard InChI is InChI=1S/C18H19BrN2O3/c1-13-4-10-16(11-5-13)24-12-2-3-17(22)20-21-18(23)14-6-8-15(19)9-7-14/h4-11H,2-3,12H2,1H3,(H,20,22)(H,21,23). The molecule has 2 aromatic rings. The molecule has 0 unspecified atom stereocenters. The molecule has 0 aliphatic heterocycles. The van der Waals surface area contributed by atoms with Crippen molar-refractivity contribution in [1.82, 2.24) is 10.9 Å². The number of benzene rings is 2. The van der Waals surface area contributed by atoms with Crippen molar-refractivity contribution in [3.63, 3.8) is 0 Å². The van der Waals surface area contributed by atoms with E-state index in [9.17, 15) is 9.59 Å². The van der Waals surface area contributed by atoms with Crippen LogP contribution in [0.15, 0.2) is 53.0 Å². The molecule has 126 valence electrons. The molecule has 0 aromatic heterocycles. The highest BCUT2D eigenvalue weighted by molar-refractivity contribution is 9.10. The van der Waals surface area contributed by atoms with Crippen molar-refractivity contribution in [3.05, 3.63) is 64.1 Å². The lowest BCUT2D eigenvalue weighted by Gasteiger charge is -2.08. The predicted octanol–water partition coefficient (Wildman–Crippen LogP) is 3.38. The molecule has 0 heterocycles. The second kappa shape index (κ2) is 9.08.